The van der Waals surface area contributed by atoms with Crippen molar-refractivity contribution in [1.29, 1.82) is 0 Å². The van der Waals surface area contributed by atoms with Gasteiger partial charge in [-0.25, -0.2) is 0 Å². The fourth-order valence-corrected chi connectivity index (χ4v) is 3.29. The molecule has 0 amide bonds. The van der Waals surface area contributed by atoms with Crippen LogP contribution in [0.4, 0.5) is 11.4 Å². The minimum Gasteiger partial charge on any atom is -0.486 e. The van der Waals surface area contributed by atoms with Crippen LogP contribution in [0, 0.1) is 0 Å². The summed E-state index contributed by atoms with van der Waals surface area (Å²) in [6.07, 6.45) is 6.28. The minimum atomic E-state index is 0.605. The van der Waals surface area contributed by atoms with E-state index in [-0.39, 0.29) is 0 Å². The topological polar surface area (TPSA) is 47.7 Å². The highest BCUT2D eigenvalue weighted by Gasteiger charge is 2.25. The van der Waals surface area contributed by atoms with Crippen LogP contribution >= 0.6 is 0 Å². The van der Waals surface area contributed by atoms with Gasteiger partial charge < -0.3 is 20.1 Å². The van der Waals surface area contributed by atoms with E-state index in [9.17, 15) is 0 Å². The molecule has 0 spiro atoms. The number of nitrogen functional groups attached to an aromatic ring is 1. The van der Waals surface area contributed by atoms with Crippen LogP contribution in [0.25, 0.3) is 0 Å². The number of nitrogens with zero attached hydrogens (tertiary/aromatic N) is 1. The number of benzene rings is 1. The van der Waals surface area contributed by atoms with Crippen LogP contribution in [0.15, 0.2) is 12.1 Å². The largest absolute Gasteiger partial charge is 0.486 e. The molecular formula is C16H24N2O2. The van der Waals surface area contributed by atoms with Crippen LogP contribution in [0.5, 0.6) is 11.5 Å². The van der Waals surface area contributed by atoms with Gasteiger partial charge in [-0.05, 0) is 25.7 Å². The standard InChI is InChI=1S/C16H24N2O2/c1-2-5-12-6-3-4-7-18(12)14-11-16-15(10-13(14)17)19-8-9-20-16/h10-12H,2-9,17H2,1H3. The van der Waals surface area contributed by atoms with Crippen LogP contribution in [0.1, 0.15) is 39.0 Å². The molecule has 1 fully saturated rings. The van der Waals surface area contributed by atoms with Crippen molar-refractivity contribution < 1.29 is 9.47 Å². The van der Waals surface area contributed by atoms with Gasteiger partial charge in [0.2, 0.25) is 0 Å². The average Bonchev–Trinajstić information content (AvgIpc) is 2.48. The maximum absolute atomic E-state index is 6.26. The SMILES string of the molecule is CCCC1CCCCN1c1cc2c(cc1N)OCCO2. The number of nitrogens with two attached hydrogens (primary N) is 1. The molecule has 1 atom stereocenters. The normalized spacial score (nSPS) is 21.9. The summed E-state index contributed by atoms with van der Waals surface area (Å²) in [4.78, 5) is 2.47. The number of hydrogen-bond donors (Lipinski definition) is 1. The zero-order valence-corrected chi connectivity index (χ0v) is 12.2. The monoisotopic (exact) mass is 276 g/mol. The first-order valence-electron chi connectivity index (χ1n) is 7.75. The van der Waals surface area contributed by atoms with Crippen LogP contribution in [0.3, 0.4) is 0 Å². The van der Waals surface area contributed by atoms with Crippen molar-refractivity contribution in [3.8, 4) is 11.5 Å². The van der Waals surface area contributed by atoms with Gasteiger partial charge in [0.05, 0.1) is 11.4 Å². The Kier molecular flexibility index (Phi) is 3.90. The van der Waals surface area contributed by atoms with E-state index in [1.165, 1.54) is 32.1 Å². The maximum Gasteiger partial charge on any atom is 0.163 e. The summed E-state index contributed by atoms with van der Waals surface area (Å²) in [7, 11) is 0. The maximum atomic E-state index is 6.26. The van der Waals surface area contributed by atoms with E-state index in [4.69, 9.17) is 15.2 Å². The molecule has 3 rings (SSSR count). The molecule has 0 radical (unpaired) electrons. The number of fused-ring (bicyclic) bond motifs is 1. The molecule has 2 N–H and O–H groups in total. The average molecular weight is 276 g/mol. The predicted octanol–water partition coefficient (Wildman–Crippen LogP) is 3.20. The third-order valence-electron chi connectivity index (χ3n) is 4.25. The lowest BCUT2D eigenvalue weighted by molar-refractivity contribution is 0.171. The lowest BCUT2D eigenvalue weighted by Gasteiger charge is -2.38. The van der Waals surface area contributed by atoms with Crippen LogP contribution in [0.2, 0.25) is 0 Å². The Morgan fingerprint density at radius 3 is 2.70 bits per heavy atom. The van der Waals surface area contributed by atoms with Gasteiger partial charge in [0, 0.05) is 24.7 Å². The second-order valence-corrected chi connectivity index (χ2v) is 5.69. The van der Waals surface area contributed by atoms with Crippen molar-refractivity contribution in [3.05, 3.63) is 12.1 Å². The Bertz CT molecular complexity index is 474. The lowest BCUT2D eigenvalue weighted by atomic mass is 9.97. The van der Waals surface area contributed by atoms with E-state index in [1.807, 2.05) is 6.07 Å². The first-order chi connectivity index (χ1) is 9.79. The van der Waals surface area contributed by atoms with E-state index in [0.29, 0.717) is 19.3 Å². The van der Waals surface area contributed by atoms with Gasteiger partial charge in [-0.1, -0.05) is 13.3 Å². The summed E-state index contributed by atoms with van der Waals surface area (Å²) < 4.78 is 11.3. The molecule has 2 aliphatic heterocycles. The number of ether oxygens (including phenoxy) is 2. The zero-order chi connectivity index (χ0) is 13.9. The summed E-state index contributed by atoms with van der Waals surface area (Å²) in [5.41, 5.74) is 8.18. The van der Waals surface area contributed by atoms with Gasteiger partial charge in [-0.2, -0.15) is 0 Å². The first kappa shape index (κ1) is 13.4. The van der Waals surface area contributed by atoms with Crippen molar-refractivity contribution in [2.45, 2.75) is 45.1 Å². The van der Waals surface area contributed by atoms with Crippen molar-refractivity contribution in [3.63, 3.8) is 0 Å². The molecule has 1 aromatic rings. The number of piperidine rings is 1. The molecule has 110 valence electrons. The highest BCUT2D eigenvalue weighted by molar-refractivity contribution is 5.73. The molecule has 0 aliphatic carbocycles. The van der Waals surface area contributed by atoms with Crippen molar-refractivity contribution in [1.82, 2.24) is 0 Å². The molecule has 2 aliphatic rings. The summed E-state index contributed by atoms with van der Waals surface area (Å²) in [6, 6.07) is 4.60. The molecule has 4 nitrogen and oxygen atoms in total. The van der Waals surface area contributed by atoms with E-state index in [0.717, 1.165) is 29.4 Å². The molecule has 4 heteroatoms. The fourth-order valence-electron chi connectivity index (χ4n) is 3.29. The summed E-state index contributed by atoms with van der Waals surface area (Å²) in [5, 5.41) is 0. The molecule has 0 bridgehead atoms. The Morgan fingerprint density at radius 1 is 1.20 bits per heavy atom. The number of anilines is 2. The van der Waals surface area contributed by atoms with Crippen molar-refractivity contribution >= 4 is 11.4 Å². The van der Waals surface area contributed by atoms with E-state index < -0.39 is 0 Å². The molecule has 2 heterocycles. The van der Waals surface area contributed by atoms with E-state index >= 15 is 0 Å². The van der Waals surface area contributed by atoms with Gasteiger partial charge in [0.25, 0.3) is 0 Å². The van der Waals surface area contributed by atoms with Crippen LogP contribution in [-0.4, -0.2) is 25.8 Å². The Balaban J connectivity index is 1.91. The predicted molar refractivity (Wildman–Crippen MR) is 81.7 cm³/mol. The van der Waals surface area contributed by atoms with Gasteiger partial charge in [-0.15, -0.1) is 0 Å². The molecule has 0 saturated carbocycles. The number of hydrogen-bond acceptors (Lipinski definition) is 4. The van der Waals surface area contributed by atoms with Crippen LogP contribution in [-0.2, 0) is 0 Å². The van der Waals surface area contributed by atoms with Gasteiger partial charge in [-0.3, -0.25) is 0 Å². The highest BCUT2D eigenvalue weighted by atomic mass is 16.6. The highest BCUT2D eigenvalue weighted by Crippen LogP contribution is 2.40. The Hall–Kier alpha value is -1.58. The van der Waals surface area contributed by atoms with E-state index in [2.05, 4.69) is 17.9 Å². The third-order valence-corrected chi connectivity index (χ3v) is 4.25. The molecular weight excluding hydrogens is 252 g/mol. The fraction of sp³-hybridized carbons (Fsp3) is 0.625. The first-order valence-corrected chi connectivity index (χ1v) is 7.75. The van der Waals surface area contributed by atoms with E-state index in [1.54, 1.807) is 0 Å². The second-order valence-electron chi connectivity index (χ2n) is 5.69. The van der Waals surface area contributed by atoms with Gasteiger partial charge in [0.1, 0.15) is 13.2 Å². The smallest absolute Gasteiger partial charge is 0.163 e. The van der Waals surface area contributed by atoms with Crippen molar-refractivity contribution in [2.24, 2.45) is 0 Å². The summed E-state index contributed by atoms with van der Waals surface area (Å²) in [5.74, 6) is 1.61. The summed E-state index contributed by atoms with van der Waals surface area (Å²) >= 11 is 0. The zero-order valence-electron chi connectivity index (χ0n) is 12.2. The minimum absolute atomic E-state index is 0.605. The van der Waals surface area contributed by atoms with Crippen molar-refractivity contribution in [2.75, 3.05) is 30.4 Å². The summed E-state index contributed by atoms with van der Waals surface area (Å²) in [6.45, 7) is 4.57. The van der Waals surface area contributed by atoms with Gasteiger partial charge >= 0.3 is 0 Å². The quantitative estimate of drug-likeness (QED) is 0.861. The Morgan fingerprint density at radius 2 is 1.95 bits per heavy atom. The molecule has 0 aromatic heterocycles. The lowest BCUT2D eigenvalue weighted by Crippen LogP contribution is -2.40. The third kappa shape index (κ3) is 2.51. The van der Waals surface area contributed by atoms with Gasteiger partial charge in [0.15, 0.2) is 11.5 Å². The molecule has 1 unspecified atom stereocenters. The Labute approximate surface area is 120 Å². The molecule has 1 aromatic carbocycles. The molecule has 20 heavy (non-hydrogen) atoms. The molecule has 1 saturated heterocycles. The second kappa shape index (κ2) is 5.81. The number of rotatable bonds is 3. The van der Waals surface area contributed by atoms with Crippen LogP contribution < -0.4 is 20.1 Å².